The third kappa shape index (κ3) is 15.8. The van der Waals surface area contributed by atoms with E-state index in [-0.39, 0.29) is 31.1 Å². The predicted octanol–water partition coefficient (Wildman–Crippen LogP) is 2.06. The van der Waals surface area contributed by atoms with Gasteiger partial charge in [-0.05, 0) is 48.3 Å². The highest BCUT2D eigenvalue weighted by atomic mass is 16.4. The molecule has 3 rings (SSSR count). The molecule has 0 aromatic heterocycles. The Balaban J connectivity index is 1.69. The van der Waals surface area contributed by atoms with Crippen molar-refractivity contribution in [1.29, 1.82) is 0 Å². The molecule has 0 heterocycles. The molecule has 0 aliphatic carbocycles. The van der Waals surface area contributed by atoms with E-state index in [1.165, 1.54) is 6.92 Å². The molecule has 308 valence electrons. The van der Waals surface area contributed by atoms with E-state index in [4.69, 9.17) is 0 Å². The Morgan fingerprint density at radius 1 is 0.491 bits per heavy atom. The summed E-state index contributed by atoms with van der Waals surface area (Å²) in [6.45, 7) is 8.47. The number of amides is 5. The SMILES string of the molecule is CC(C)[C@H](NC(=O)Cc1ccccc1)C(=O)N[C@H](C(=O)N[C@H](Cc1ccccc1)[C@H](O)CC(=O)N[C@@H](C)C(=O)N[C@H](Cc1ccccc1)[C@H](O)CC(=O)O)C(C)C. The average molecular weight is 788 g/mol. The van der Waals surface area contributed by atoms with Crippen LogP contribution in [-0.2, 0) is 48.0 Å². The molecule has 3 aromatic rings. The first-order valence-corrected chi connectivity index (χ1v) is 19.2. The normalized spacial score (nSPS) is 14.9. The molecule has 5 amide bonds. The van der Waals surface area contributed by atoms with Crippen LogP contribution in [0.15, 0.2) is 91.0 Å². The van der Waals surface area contributed by atoms with E-state index >= 15 is 0 Å². The van der Waals surface area contributed by atoms with Gasteiger partial charge in [-0.1, -0.05) is 119 Å². The van der Waals surface area contributed by atoms with Gasteiger partial charge in [-0.15, -0.1) is 0 Å². The molecule has 0 aliphatic rings. The standard InChI is InChI=1S/C43H57N5O9/c1-26(2)39(47-36(51)23-31-19-13-8-14-20-31)43(57)48-40(27(3)4)42(56)46-32(21-29-15-9-6-10-16-29)34(49)24-37(52)44-28(5)41(55)45-33(35(50)25-38(53)54)22-30-17-11-7-12-18-30/h6-20,26-28,32-35,39-40,49-50H,21-25H2,1-5H3,(H,44,52)(H,45,55)(H,46,56)(H,47,51)(H,48,57)(H,53,54)/t28-,32+,33+,34+,35+,39-,40-/m0/s1. The van der Waals surface area contributed by atoms with Crippen LogP contribution in [0.3, 0.4) is 0 Å². The first-order valence-electron chi connectivity index (χ1n) is 19.2. The van der Waals surface area contributed by atoms with Gasteiger partial charge in [0.05, 0.1) is 43.6 Å². The lowest BCUT2D eigenvalue weighted by molar-refractivity contribution is -0.140. The van der Waals surface area contributed by atoms with Crippen LogP contribution in [-0.4, -0.2) is 93.2 Å². The van der Waals surface area contributed by atoms with E-state index in [2.05, 4.69) is 26.6 Å². The van der Waals surface area contributed by atoms with Gasteiger partial charge < -0.3 is 41.9 Å². The summed E-state index contributed by atoms with van der Waals surface area (Å²) in [5.74, 6) is -4.83. The lowest BCUT2D eigenvalue weighted by Gasteiger charge is -2.30. The molecule has 0 unspecified atom stereocenters. The smallest absolute Gasteiger partial charge is 0.306 e. The maximum Gasteiger partial charge on any atom is 0.306 e. The van der Waals surface area contributed by atoms with Gasteiger partial charge in [0.25, 0.3) is 0 Å². The number of nitrogens with one attached hydrogen (secondary N) is 5. The molecule has 0 aliphatic heterocycles. The number of hydrogen-bond acceptors (Lipinski definition) is 8. The summed E-state index contributed by atoms with van der Waals surface area (Å²) in [7, 11) is 0. The minimum absolute atomic E-state index is 0.0756. The molecule has 0 spiro atoms. The first kappa shape index (κ1) is 45.8. The number of hydrogen-bond donors (Lipinski definition) is 8. The van der Waals surface area contributed by atoms with Gasteiger partial charge in [-0.3, -0.25) is 28.8 Å². The Morgan fingerprint density at radius 3 is 1.35 bits per heavy atom. The largest absolute Gasteiger partial charge is 0.481 e. The number of carboxylic acids is 1. The number of benzene rings is 3. The van der Waals surface area contributed by atoms with Crippen molar-refractivity contribution in [1.82, 2.24) is 26.6 Å². The maximum atomic E-state index is 13.9. The second-order valence-corrected chi connectivity index (χ2v) is 15.0. The number of aliphatic carboxylic acids is 1. The quantitative estimate of drug-likeness (QED) is 0.0746. The van der Waals surface area contributed by atoms with Crippen molar-refractivity contribution in [3.63, 3.8) is 0 Å². The van der Waals surface area contributed by atoms with Crippen LogP contribution in [0, 0.1) is 11.8 Å². The summed E-state index contributed by atoms with van der Waals surface area (Å²) in [6.07, 6.45) is -3.62. The average Bonchev–Trinajstić information content (AvgIpc) is 3.15. The second-order valence-electron chi connectivity index (χ2n) is 15.0. The lowest BCUT2D eigenvalue weighted by atomic mass is 9.96. The third-order valence-electron chi connectivity index (χ3n) is 9.45. The van der Waals surface area contributed by atoms with Crippen LogP contribution in [0.5, 0.6) is 0 Å². The fraction of sp³-hybridized carbons (Fsp3) is 0.442. The van der Waals surface area contributed by atoms with E-state index in [0.29, 0.717) is 0 Å². The van der Waals surface area contributed by atoms with Gasteiger partial charge in [-0.25, -0.2) is 0 Å². The molecule has 0 fully saturated rings. The number of aliphatic hydroxyl groups is 2. The van der Waals surface area contributed by atoms with Crippen LogP contribution in [0.25, 0.3) is 0 Å². The highest BCUT2D eigenvalue weighted by Crippen LogP contribution is 2.14. The highest BCUT2D eigenvalue weighted by Gasteiger charge is 2.34. The molecule has 8 N–H and O–H groups in total. The lowest BCUT2D eigenvalue weighted by Crippen LogP contribution is -2.59. The first-order chi connectivity index (χ1) is 27.0. The summed E-state index contributed by atoms with van der Waals surface area (Å²) in [5.41, 5.74) is 2.29. The van der Waals surface area contributed by atoms with E-state index in [0.717, 1.165) is 16.7 Å². The number of carboxylic acid groups (broad SMARTS) is 1. The van der Waals surface area contributed by atoms with Crippen molar-refractivity contribution >= 4 is 35.5 Å². The molecule has 0 radical (unpaired) electrons. The van der Waals surface area contributed by atoms with Crippen LogP contribution in [0.2, 0.25) is 0 Å². The van der Waals surface area contributed by atoms with Crippen LogP contribution in [0.1, 0.15) is 64.2 Å². The monoisotopic (exact) mass is 787 g/mol. The van der Waals surface area contributed by atoms with Gasteiger partial charge in [-0.2, -0.15) is 0 Å². The second kappa shape index (κ2) is 22.8. The Morgan fingerprint density at radius 2 is 0.895 bits per heavy atom. The molecule has 0 saturated carbocycles. The highest BCUT2D eigenvalue weighted by molar-refractivity contribution is 5.93. The van der Waals surface area contributed by atoms with Gasteiger partial charge in [0, 0.05) is 0 Å². The van der Waals surface area contributed by atoms with E-state index in [9.17, 15) is 44.1 Å². The Kier molecular flexibility index (Phi) is 18.3. The number of aliphatic hydroxyl groups excluding tert-OH is 2. The van der Waals surface area contributed by atoms with Crippen molar-refractivity contribution in [3.05, 3.63) is 108 Å². The summed E-state index contributed by atoms with van der Waals surface area (Å²) in [5, 5.41) is 44.8. The summed E-state index contributed by atoms with van der Waals surface area (Å²) in [4.78, 5) is 78.0. The van der Waals surface area contributed by atoms with Crippen molar-refractivity contribution in [2.45, 2.75) is 109 Å². The minimum Gasteiger partial charge on any atom is -0.481 e. The molecule has 0 bridgehead atoms. The van der Waals surface area contributed by atoms with Crippen molar-refractivity contribution in [2.24, 2.45) is 11.8 Å². The Bertz CT molecular complexity index is 1760. The fourth-order valence-electron chi connectivity index (χ4n) is 6.22. The topological polar surface area (TPSA) is 223 Å². The minimum atomic E-state index is -1.43. The molecule has 0 saturated heterocycles. The molecular weight excluding hydrogens is 730 g/mol. The van der Waals surface area contributed by atoms with Gasteiger partial charge in [0.1, 0.15) is 18.1 Å². The fourth-order valence-corrected chi connectivity index (χ4v) is 6.22. The van der Waals surface area contributed by atoms with Crippen LogP contribution in [0.4, 0.5) is 0 Å². The molecule has 3 aromatic carbocycles. The van der Waals surface area contributed by atoms with Crippen molar-refractivity contribution < 1.29 is 44.1 Å². The zero-order chi connectivity index (χ0) is 42.1. The maximum absolute atomic E-state index is 13.9. The number of carbonyl (C=O) groups is 6. The molecule has 14 nitrogen and oxygen atoms in total. The summed E-state index contributed by atoms with van der Waals surface area (Å²) in [6, 6.07) is 21.9. The number of carbonyl (C=O) groups excluding carboxylic acids is 5. The van der Waals surface area contributed by atoms with Gasteiger partial charge in [0.2, 0.25) is 29.5 Å². The van der Waals surface area contributed by atoms with E-state index in [1.54, 1.807) is 82.3 Å². The molecule has 7 atom stereocenters. The molecule has 14 heteroatoms. The van der Waals surface area contributed by atoms with Crippen LogP contribution >= 0.6 is 0 Å². The van der Waals surface area contributed by atoms with Crippen LogP contribution < -0.4 is 26.6 Å². The summed E-state index contributed by atoms with van der Waals surface area (Å²) >= 11 is 0. The predicted molar refractivity (Wildman–Crippen MR) is 214 cm³/mol. The van der Waals surface area contributed by atoms with E-state index < -0.39 is 90.8 Å². The zero-order valence-corrected chi connectivity index (χ0v) is 33.2. The van der Waals surface area contributed by atoms with E-state index in [1.807, 2.05) is 36.4 Å². The Hall–Kier alpha value is -5.60. The number of rotatable bonds is 22. The third-order valence-corrected chi connectivity index (χ3v) is 9.45. The Labute approximate surface area is 334 Å². The van der Waals surface area contributed by atoms with Crippen molar-refractivity contribution in [3.8, 4) is 0 Å². The summed E-state index contributed by atoms with van der Waals surface area (Å²) < 4.78 is 0. The van der Waals surface area contributed by atoms with Crippen molar-refractivity contribution in [2.75, 3.05) is 0 Å². The van der Waals surface area contributed by atoms with Gasteiger partial charge >= 0.3 is 5.97 Å². The molecule has 57 heavy (non-hydrogen) atoms. The zero-order valence-electron chi connectivity index (χ0n) is 33.2. The van der Waals surface area contributed by atoms with Gasteiger partial charge in [0.15, 0.2) is 0 Å². The molecular formula is C43H57N5O9.